The molecule has 1 aliphatic rings. The number of piperidine rings is 1. The summed E-state index contributed by atoms with van der Waals surface area (Å²) in [6, 6.07) is 3.45. The van der Waals surface area contributed by atoms with Gasteiger partial charge in [-0.15, -0.1) is 0 Å². The second-order valence-corrected chi connectivity index (χ2v) is 6.65. The lowest BCUT2D eigenvalue weighted by molar-refractivity contribution is -0.120. The van der Waals surface area contributed by atoms with Gasteiger partial charge in [-0.1, -0.05) is 13.8 Å². The van der Waals surface area contributed by atoms with E-state index in [4.69, 9.17) is 4.42 Å². The minimum Gasteiger partial charge on any atom is -0.423 e. The van der Waals surface area contributed by atoms with E-state index < -0.39 is 0 Å². The van der Waals surface area contributed by atoms with E-state index in [1.165, 1.54) is 18.5 Å². The Morgan fingerprint density at radius 3 is 2.81 bits per heavy atom. The molecule has 0 aromatic carbocycles. The Kier molecular flexibility index (Phi) is 5.07. The number of aromatic nitrogens is 2. The summed E-state index contributed by atoms with van der Waals surface area (Å²) >= 11 is 0. The van der Waals surface area contributed by atoms with Crippen LogP contribution in [-0.4, -0.2) is 29.0 Å². The van der Waals surface area contributed by atoms with Crippen LogP contribution >= 0.6 is 0 Å². The van der Waals surface area contributed by atoms with E-state index in [0.29, 0.717) is 37.7 Å². The number of pyridine rings is 1. The van der Waals surface area contributed by atoms with Gasteiger partial charge in [0.15, 0.2) is 0 Å². The summed E-state index contributed by atoms with van der Waals surface area (Å²) < 4.78 is 5.76. The van der Waals surface area contributed by atoms with Crippen LogP contribution < -0.4 is 15.6 Å². The number of hydrogen-bond donors (Lipinski definition) is 2. The van der Waals surface area contributed by atoms with Crippen LogP contribution in [-0.2, 0) is 4.79 Å². The second-order valence-electron chi connectivity index (χ2n) is 6.65. The fraction of sp³-hybridized carbons (Fsp3) is 0.444. The number of H-pyrrole nitrogens is 1. The van der Waals surface area contributed by atoms with Crippen LogP contribution in [0.1, 0.15) is 44.2 Å². The first-order valence-corrected chi connectivity index (χ1v) is 8.63. The Bertz CT molecular complexity index is 885. The number of nitrogens with zero attached hydrogens (tertiary/aromatic N) is 3. The molecule has 1 fully saturated rings. The minimum absolute atomic E-state index is 0.100. The highest BCUT2D eigenvalue weighted by Gasteiger charge is 2.29. The van der Waals surface area contributed by atoms with Crippen LogP contribution in [0.5, 0.6) is 0 Å². The van der Waals surface area contributed by atoms with Crippen molar-refractivity contribution in [2.45, 2.75) is 32.6 Å². The maximum atomic E-state index is 12.4. The summed E-state index contributed by atoms with van der Waals surface area (Å²) in [5.41, 5.74) is 0.312. The van der Waals surface area contributed by atoms with E-state index in [-0.39, 0.29) is 34.6 Å². The number of anilines is 2. The summed E-state index contributed by atoms with van der Waals surface area (Å²) in [6.07, 6.45) is 4.22. The normalized spacial score (nSPS) is 15.1. The van der Waals surface area contributed by atoms with E-state index >= 15 is 0 Å². The molecule has 0 spiro atoms. The molecule has 1 aliphatic heterocycles. The van der Waals surface area contributed by atoms with Crippen molar-refractivity contribution < 1.29 is 9.21 Å². The number of aromatic amines is 1. The molecule has 1 amide bonds. The van der Waals surface area contributed by atoms with Gasteiger partial charge in [-0.2, -0.15) is 5.26 Å². The Hall–Kier alpha value is -3.08. The molecule has 3 heterocycles. The van der Waals surface area contributed by atoms with E-state index in [9.17, 15) is 14.9 Å². The predicted molar refractivity (Wildman–Crippen MR) is 95.9 cm³/mol. The fourth-order valence-corrected chi connectivity index (χ4v) is 2.96. The number of oxazole rings is 1. The SMILES string of the molecule is CC(C)c1nc(C#N)c(N2CCC(C(=O)Nc3c[nH]ccc3=O)CC2)o1. The van der Waals surface area contributed by atoms with Crippen molar-refractivity contribution in [2.24, 2.45) is 5.92 Å². The van der Waals surface area contributed by atoms with Gasteiger partial charge in [0.25, 0.3) is 0 Å². The molecule has 1 saturated heterocycles. The van der Waals surface area contributed by atoms with Crippen molar-refractivity contribution in [1.29, 1.82) is 5.26 Å². The quantitative estimate of drug-likeness (QED) is 0.869. The number of carbonyl (C=O) groups excluding carboxylic acids is 1. The maximum absolute atomic E-state index is 12.4. The zero-order chi connectivity index (χ0) is 18.7. The molecule has 0 radical (unpaired) electrons. The van der Waals surface area contributed by atoms with E-state index in [2.05, 4.69) is 21.4 Å². The molecule has 3 rings (SSSR count). The highest BCUT2D eigenvalue weighted by molar-refractivity contribution is 5.92. The lowest BCUT2D eigenvalue weighted by Gasteiger charge is -2.30. The molecule has 0 aliphatic carbocycles. The molecule has 2 aromatic rings. The van der Waals surface area contributed by atoms with E-state index in [1.54, 1.807) is 0 Å². The minimum atomic E-state index is -0.226. The van der Waals surface area contributed by atoms with Crippen LogP contribution in [0.2, 0.25) is 0 Å². The smallest absolute Gasteiger partial charge is 0.234 e. The predicted octanol–water partition coefficient (Wildman–Crippen LogP) is 2.21. The summed E-state index contributed by atoms with van der Waals surface area (Å²) in [6.45, 7) is 5.09. The monoisotopic (exact) mass is 355 g/mol. The van der Waals surface area contributed by atoms with Gasteiger partial charge in [0.1, 0.15) is 11.8 Å². The van der Waals surface area contributed by atoms with Gasteiger partial charge in [-0.05, 0) is 12.8 Å². The molecular weight excluding hydrogens is 334 g/mol. The molecule has 0 unspecified atom stereocenters. The molecule has 136 valence electrons. The lowest BCUT2D eigenvalue weighted by atomic mass is 9.96. The first-order valence-electron chi connectivity index (χ1n) is 8.63. The lowest BCUT2D eigenvalue weighted by Crippen LogP contribution is -2.38. The third-order valence-corrected chi connectivity index (χ3v) is 4.46. The standard InChI is InChI=1S/C18H21N5O3/c1-11(2)17-22-13(9-19)18(26-17)23-7-4-12(5-8-23)16(25)21-14-10-20-6-3-15(14)24/h3,6,10-12H,4-5,7-8H2,1-2H3,(H,20,24)(H,21,25). The molecule has 2 N–H and O–H groups in total. The van der Waals surface area contributed by atoms with Crippen LogP contribution in [0, 0.1) is 17.2 Å². The maximum Gasteiger partial charge on any atom is 0.234 e. The Morgan fingerprint density at radius 1 is 1.46 bits per heavy atom. The number of rotatable bonds is 4. The van der Waals surface area contributed by atoms with Gasteiger partial charge in [0.05, 0.1) is 0 Å². The topological polar surface area (TPSA) is 115 Å². The molecule has 0 atom stereocenters. The highest BCUT2D eigenvalue weighted by Crippen LogP contribution is 2.29. The molecule has 26 heavy (non-hydrogen) atoms. The molecule has 8 heteroatoms. The molecule has 8 nitrogen and oxygen atoms in total. The number of hydrogen-bond acceptors (Lipinski definition) is 6. The first kappa shape index (κ1) is 17.7. The van der Waals surface area contributed by atoms with Gasteiger partial charge in [-0.3, -0.25) is 9.59 Å². The van der Waals surface area contributed by atoms with Gasteiger partial charge in [0.2, 0.25) is 28.8 Å². The number of nitrogens with one attached hydrogen (secondary N) is 2. The van der Waals surface area contributed by atoms with E-state index in [0.717, 1.165) is 0 Å². The third kappa shape index (κ3) is 3.61. The van der Waals surface area contributed by atoms with Gasteiger partial charge in [0, 0.05) is 43.4 Å². The molecular formula is C18H21N5O3. The number of carbonyl (C=O) groups is 1. The van der Waals surface area contributed by atoms with Crippen molar-refractivity contribution in [3.05, 3.63) is 40.3 Å². The Labute approximate surface area is 150 Å². The first-order chi connectivity index (χ1) is 12.5. The van der Waals surface area contributed by atoms with Crippen LogP contribution in [0.25, 0.3) is 0 Å². The van der Waals surface area contributed by atoms with Crippen molar-refractivity contribution in [1.82, 2.24) is 9.97 Å². The third-order valence-electron chi connectivity index (χ3n) is 4.46. The molecule has 2 aromatic heterocycles. The van der Waals surface area contributed by atoms with Gasteiger partial charge >= 0.3 is 0 Å². The molecule has 0 saturated carbocycles. The van der Waals surface area contributed by atoms with Gasteiger partial charge in [-0.25, -0.2) is 4.98 Å². The Morgan fingerprint density at radius 2 is 2.19 bits per heavy atom. The van der Waals surface area contributed by atoms with Gasteiger partial charge < -0.3 is 19.6 Å². The summed E-state index contributed by atoms with van der Waals surface area (Å²) in [7, 11) is 0. The Balaban J connectivity index is 1.64. The number of amides is 1. The van der Waals surface area contributed by atoms with E-state index in [1.807, 2.05) is 18.7 Å². The fourth-order valence-electron chi connectivity index (χ4n) is 2.96. The average Bonchev–Trinajstić information content (AvgIpc) is 3.08. The van der Waals surface area contributed by atoms with Crippen LogP contribution in [0.4, 0.5) is 11.6 Å². The summed E-state index contributed by atoms with van der Waals surface area (Å²) in [4.78, 5) is 33.1. The highest BCUT2D eigenvalue weighted by atomic mass is 16.4. The van der Waals surface area contributed by atoms with Crippen molar-refractivity contribution >= 4 is 17.5 Å². The average molecular weight is 355 g/mol. The van der Waals surface area contributed by atoms with Crippen molar-refractivity contribution in [2.75, 3.05) is 23.3 Å². The van der Waals surface area contributed by atoms with Crippen molar-refractivity contribution in [3.63, 3.8) is 0 Å². The largest absolute Gasteiger partial charge is 0.423 e. The second kappa shape index (κ2) is 7.44. The molecule has 0 bridgehead atoms. The summed E-state index contributed by atoms with van der Waals surface area (Å²) in [5.74, 6) is 0.767. The van der Waals surface area contributed by atoms with Crippen LogP contribution in [0.15, 0.2) is 27.7 Å². The zero-order valence-corrected chi connectivity index (χ0v) is 14.8. The number of nitriles is 1. The van der Waals surface area contributed by atoms with Crippen molar-refractivity contribution in [3.8, 4) is 6.07 Å². The zero-order valence-electron chi connectivity index (χ0n) is 14.8. The summed E-state index contributed by atoms with van der Waals surface area (Å²) in [5, 5.41) is 12.0. The van der Waals surface area contributed by atoms with Crippen LogP contribution in [0.3, 0.4) is 0 Å².